The minimum atomic E-state index is -4.41. The lowest BCUT2D eigenvalue weighted by Crippen LogP contribution is -2.28. The van der Waals surface area contributed by atoms with Gasteiger partial charge in [0.15, 0.2) is 10.9 Å². The highest BCUT2D eigenvalue weighted by molar-refractivity contribution is 7.15. The third-order valence-electron chi connectivity index (χ3n) is 5.49. The van der Waals surface area contributed by atoms with E-state index in [1.54, 1.807) is 23.5 Å². The Labute approximate surface area is 189 Å². The van der Waals surface area contributed by atoms with E-state index < -0.39 is 11.7 Å². The maximum Gasteiger partial charge on any atom is 0.416 e. The number of aryl methyl sites for hydroxylation is 2. The summed E-state index contributed by atoms with van der Waals surface area (Å²) in [4.78, 5) is 14.5. The van der Waals surface area contributed by atoms with E-state index >= 15 is 0 Å². The Hall–Kier alpha value is -3.07. The largest absolute Gasteiger partial charge is 0.416 e. The van der Waals surface area contributed by atoms with Gasteiger partial charge in [-0.25, -0.2) is 9.97 Å². The summed E-state index contributed by atoms with van der Waals surface area (Å²) in [6, 6.07) is 8.91. The van der Waals surface area contributed by atoms with Crippen LogP contribution in [0.25, 0.3) is 11.3 Å². The van der Waals surface area contributed by atoms with Crippen LogP contribution in [0.15, 0.2) is 48.8 Å². The van der Waals surface area contributed by atoms with Crippen molar-refractivity contribution in [3.05, 3.63) is 64.9 Å². The standard InChI is InChI=1S/C23H24F3N5S/c1-14-15(2)32-22(27-14)28-16(3)31-12-6-11-30(4)20-10-9-19(29-21(20)31)17-7-5-8-18(13-17)23(24,25)26/h5,7-10,13H,3,6,11-12H2,1-2,4H3,(H,27,28). The molecule has 0 saturated carbocycles. The van der Waals surface area contributed by atoms with Crippen LogP contribution in [0, 0.1) is 13.8 Å². The van der Waals surface area contributed by atoms with Crippen molar-refractivity contribution in [3.8, 4) is 11.3 Å². The van der Waals surface area contributed by atoms with Gasteiger partial charge in [-0.05, 0) is 44.5 Å². The number of nitrogens with one attached hydrogen (secondary N) is 1. The number of thiazole rings is 1. The van der Waals surface area contributed by atoms with Gasteiger partial charge in [-0.3, -0.25) is 0 Å². The molecule has 0 saturated heterocycles. The maximum absolute atomic E-state index is 13.2. The van der Waals surface area contributed by atoms with Crippen LogP contribution in [0.5, 0.6) is 0 Å². The Kier molecular flexibility index (Phi) is 5.85. The quantitative estimate of drug-likeness (QED) is 0.513. The fourth-order valence-electron chi connectivity index (χ4n) is 3.63. The molecule has 1 aliphatic rings. The lowest BCUT2D eigenvalue weighted by Gasteiger charge is -2.27. The van der Waals surface area contributed by atoms with Gasteiger partial charge in [0.1, 0.15) is 5.82 Å². The SMILES string of the molecule is C=C(Nc1nc(C)c(C)s1)N1CCCN(C)c2ccc(-c3cccc(C(F)(F)F)c3)nc21. The van der Waals surface area contributed by atoms with Gasteiger partial charge in [-0.2, -0.15) is 13.2 Å². The second kappa shape index (κ2) is 8.46. The third kappa shape index (κ3) is 4.43. The third-order valence-corrected chi connectivity index (χ3v) is 6.48. The summed E-state index contributed by atoms with van der Waals surface area (Å²) in [6.45, 7) is 9.67. The van der Waals surface area contributed by atoms with E-state index in [0.717, 1.165) is 46.5 Å². The predicted molar refractivity (Wildman–Crippen MR) is 124 cm³/mol. The van der Waals surface area contributed by atoms with Crippen LogP contribution >= 0.6 is 11.3 Å². The van der Waals surface area contributed by atoms with Crippen LogP contribution in [-0.4, -0.2) is 30.1 Å². The van der Waals surface area contributed by atoms with E-state index in [1.807, 2.05) is 31.9 Å². The van der Waals surface area contributed by atoms with Crippen LogP contribution < -0.4 is 15.1 Å². The Morgan fingerprint density at radius 1 is 1.12 bits per heavy atom. The van der Waals surface area contributed by atoms with Gasteiger partial charge in [0, 0.05) is 30.6 Å². The molecule has 168 valence electrons. The number of halogens is 3. The van der Waals surface area contributed by atoms with E-state index in [0.29, 0.717) is 29.4 Å². The fraction of sp³-hybridized carbons (Fsp3) is 0.304. The number of aromatic nitrogens is 2. The van der Waals surface area contributed by atoms with Crippen molar-refractivity contribution in [3.63, 3.8) is 0 Å². The summed E-state index contributed by atoms with van der Waals surface area (Å²) in [6.07, 6.45) is -3.53. The molecular formula is C23H24F3N5S. The Bertz CT molecular complexity index is 1140. The first-order valence-corrected chi connectivity index (χ1v) is 11.0. The number of hydrogen-bond acceptors (Lipinski definition) is 6. The van der Waals surface area contributed by atoms with Gasteiger partial charge < -0.3 is 15.1 Å². The number of alkyl halides is 3. The summed E-state index contributed by atoms with van der Waals surface area (Å²) in [5, 5.41) is 4.02. The summed E-state index contributed by atoms with van der Waals surface area (Å²) in [5.41, 5.74) is 2.06. The topological polar surface area (TPSA) is 44.3 Å². The Balaban J connectivity index is 1.72. The molecule has 3 heterocycles. The molecule has 9 heteroatoms. The van der Waals surface area contributed by atoms with Crippen LogP contribution in [0.2, 0.25) is 0 Å². The molecule has 3 aromatic rings. The molecule has 0 bridgehead atoms. The first kappa shape index (κ1) is 22.1. The van der Waals surface area contributed by atoms with Crippen molar-refractivity contribution in [2.75, 3.05) is 35.3 Å². The number of hydrogen-bond donors (Lipinski definition) is 1. The van der Waals surface area contributed by atoms with Gasteiger partial charge in [0.25, 0.3) is 0 Å². The molecule has 2 aromatic heterocycles. The van der Waals surface area contributed by atoms with Gasteiger partial charge in [0.05, 0.1) is 22.6 Å². The molecule has 32 heavy (non-hydrogen) atoms. The first-order valence-electron chi connectivity index (χ1n) is 10.2. The molecular weight excluding hydrogens is 435 g/mol. The molecule has 5 nitrogen and oxygen atoms in total. The van der Waals surface area contributed by atoms with Gasteiger partial charge in [-0.1, -0.05) is 18.7 Å². The summed E-state index contributed by atoms with van der Waals surface area (Å²) in [7, 11) is 1.98. The number of fused-ring (bicyclic) bond motifs is 1. The van der Waals surface area contributed by atoms with Crippen LogP contribution in [0.3, 0.4) is 0 Å². The van der Waals surface area contributed by atoms with Crippen molar-refractivity contribution in [2.45, 2.75) is 26.4 Å². The number of nitrogens with zero attached hydrogens (tertiary/aromatic N) is 4. The molecule has 1 aliphatic heterocycles. The maximum atomic E-state index is 13.2. The molecule has 0 fully saturated rings. The zero-order chi connectivity index (χ0) is 23.0. The van der Waals surface area contributed by atoms with Gasteiger partial charge in [-0.15, -0.1) is 11.3 Å². The molecule has 0 radical (unpaired) electrons. The summed E-state index contributed by atoms with van der Waals surface area (Å²) >= 11 is 1.55. The lowest BCUT2D eigenvalue weighted by molar-refractivity contribution is -0.137. The smallest absolute Gasteiger partial charge is 0.372 e. The molecule has 0 aliphatic carbocycles. The normalized spacial score (nSPS) is 14.2. The van der Waals surface area contributed by atoms with Crippen molar-refractivity contribution in [2.24, 2.45) is 0 Å². The van der Waals surface area contributed by atoms with E-state index in [2.05, 4.69) is 21.8 Å². The van der Waals surface area contributed by atoms with Crippen LogP contribution in [0.1, 0.15) is 22.6 Å². The summed E-state index contributed by atoms with van der Waals surface area (Å²) < 4.78 is 39.6. The van der Waals surface area contributed by atoms with E-state index in [9.17, 15) is 13.2 Å². The molecule has 0 unspecified atom stereocenters. The highest BCUT2D eigenvalue weighted by atomic mass is 32.1. The summed E-state index contributed by atoms with van der Waals surface area (Å²) in [5.74, 6) is 1.28. The van der Waals surface area contributed by atoms with Crippen LogP contribution in [-0.2, 0) is 6.18 Å². The Morgan fingerprint density at radius 2 is 1.91 bits per heavy atom. The minimum absolute atomic E-state index is 0.416. The molecule has 0 amide bonds. The Morgan fingerprint density at radius 3 is 2.59 bits per heavy atom. The zero-order valence-electron chi connectivity index (χ0n) is 18.1. The number of anilines is 3. The molecule has 1 aromatic carbocycles. The van der Waals surface area contributed by atoms with Gasteiger partial charge in [0.2, 0.25) is 0 Å². The predicted octanol–water partition coefficient (Wildman–Crippen LogP) is 6.07. The van der Waals surface area contributed by atoms with E-state index in [1.165, 1.54) is 6.07 Å². The second-order valence-electron chi connectivity index (χ2n) is 7.78. The van der Waals surface area contributed by atoms with Crippen molar-refractivity contribution in [1.29, 1.82) is 0 Å². The van der Waals surface area contributed by atoms with Crippen molar-refractivity contribution in [1.82, 2.24) is 9.97 Å². The fourth-order valence-corrected chi connectivity index (χ4v) is 4.46. The number of pyridine rings is 1. The van der Waals surface area contributed by atoms with Gasteiger partial charge >= 0.3 is 6.18 Å². The van der Waals surface area contributed by atoms with Crippen molar-refractivity contribution >= 4 is 28.0 Å². The minimum Gasteiger partial charge on any atom is -0.372 e. The molecule has 0 atom stereocenters. The first-order chi connectivity index (χ1) is 15.1. The average molecular weight is 460 g/mol. The molecule has 0 spiro atoms. The van der Waals surface area contributed by atoms with E-state index in [4.69, 9.17) is 4.98 Å². The average Bonchev–Trinajstić information content (AvgIpc) is 2.96. The zero-order valence-corrected chi connectivity index (χ0v) is 18.9. The van der Waals surface area contributed by atoms with E-state index in [-0.39, 0.29) is 0 Å². The second-order valence-corrected chi connectivity index (χ2v) is 8.98. The molecule has 4 rings (SSSR count). The highest BCUT2D eigenvalue weighted by Gasteiger charge is 2.31. The monoisotopic (exact) mass is 459 g/mol. The number of rotatable bonds is 4. The van der Waals surface area contributed by atoms with Crippen molar-refractivity contribution < 1.29 is 13.2 Å². The lowest BCUT2D eigenvalue weighted by atomic mass is 10.1. The molecule has 1 N–H and O–H groups in total. The number of benzene rings is 1. The van der Waals surface area contributed by atoms with Crippen LogP contribution in [0.4, 0.5) is 29.8 Å². The highest BCUT2D eigenvalue weighted by Crippen LogP contribution is 2.36.